The average Bonchev–Trinajstić information content (AvgIpc) is 2.70. The molecule has 3 rings (SSSR count). The molecule has 2 N–H and O–H groups in total. The van der Waals surface area contributed by atoms with Gasteiger partial charge in [0.25, 0.3) is 5.91 Å². The molecule has 1 heterocycles. The molecule has 1 aliphatic heterocycles. The van der Waals surface area contributed by atoms with Crippen LogP contribution in [0.1, 0.15) is 21.5 Å². The summed E-state index contributed by atoms with van der Waals surface area (Å²) in [5, 5.41) is 0. The van der Waals surface area contributed by atoms with Crippen LogP contribution < -0.4 is 5.73 Å². The quantitative estimate of drug-likeness (QED) is 0.839. The number of carbonyl (C=O) groups is 1. The van der Waals surface area contributed by atoms with Gasteiger partial charge in [0.05, 0.1) is 0 Å². The summed E-state index contributed by atoms with van der Waals surface area (Å²) in [6.07, 6.45) is 0. The number of nitrogens with zero attached hydrogens (tertiary/aromatic N) is 1. The smallest absolute Gasteiger partial charge is 0.254 e. The van der Waals surface area contributed by atoms with Gasteiger partial charge in [0, 0.05) is 29.9 Å². The molecule has 2 aromatic carbocycles. The molecule has 0 radical (unpaired) electrons. The number of rotatable bonds is 2. The Balaban J connectivity index is 1.87. The lowest BCUT2D eigenvalue weighted by Crippen LogP contribution is -2.23. The number of halogens is 1. The molecule has 0 saturated heterocycles. The van der Waals surface area contributed by atoms with E-state index < -0.39 is 0 Å². The van der Waals surface area contributed by atoms with Crippen molar-refractivity contribution in [2.75, 3.05) is 5.73 Å². The first-order valence-corrected chi connectivity index (χ1v) is 6.06. The summed E-state index contributed by atoms with van der Waals surface area (Å²) in [6, 6.07) is 11.8. The predicted molar refractivity (Wildman–Crippen MR) is 70.8 cm³/mol. The maximum atomic E-state index is 13.6. The Bertz CT molecular complexity index is 654. The molecule has 0 aromatic heterocycles. The Morgan fingerprint density at radius 3 is 2.79 bits per heavy atom. The van der Waals surface area contributed by atoms with Gasteiger partial charge in [0.1, 0.15) is 5.82 Å². The van der Waals surface area contributed by atoms with Gasteiger partial charge in [0.15, 0.2) is 0 Å². The topological polar surface area (TPSA) is 46.3 Å². The Morgan fingerprint density at radius 1 is 1.21 bits per heavy atom. The summed E-state index contributed by atoms with van der Waals surface area (Å²) in [7, 11) is 0. The van der Waals surface area contributed by atoms with Crippen LogP contribution >= 0.6 is 0 Å². The summed E-state index contributed by atoms with van der Waals surface area (Å²) >= 11 is 0. The van der Waals surface area contributed by atoms with Gasteiger partial charge >= 0.3 is 0 Å². The highest BCUT2D eigenvalue weighted by molar-refractivity contribution is 5.99. The molecule has 0 aliphatic carbocycles. The third-order valence-corrected chi connectivity index (χ3v) is 3.33. The van der Waals surface area contributed by atoms with Crippen LogP contribution in [0.2, 0.25) is 0 Å². The minimum Gasteiger partial charge on any atom is -0.399 e. The molecule has 96 valence electrons. The molecule has 4 heteroatoms. The first kappa shape index (κ1) is 11.7. The second kappa shape index (κ2) is 4.39. The molecule has 19 heavy (non-hydrogen) atoms. The second-order valence-electron chi connectivity index (χ2n) is 4.67. The van der Waals surface area contributed by atoms with Crippen LogP contribution in [0.25, 0.3) is 0 Å². The number of carbonyl (C=O) groups excluding carboxylic acids is 1. The first-order valence-electron chi connectivity index (χ1n) is 6.06. The van der Waals surface area contributed by atoms with Gasteiger partial charge in [-0.3, -0.25) is 4.79 Å². The Hall–Kier alpha value is -2.36. The summed E-state index contributed by atoms with van der Waals surface area (Å²) in [4.78, 5) is 13.8. The SMILES string of the molecule is Nc1ccc2c(c1)C(=O)N(Cc1ccccc1F)C2. The maximum Gasteiger partial charge on any atom is 0.254 e. The number of benzene rings is 2. The van der Waals surface area contributed by atoms with Crippen molar-refractivity contribution < 1.29 is 9.18 Å². The average molecular weight is 256 g/mol. The fourth-order valence-corrected chi connectivity index (χ4v) is 2.34. The van der Waals surface area contributed by atoms with E-state index in [0.29, 0.717) is 23.4 Å². The number of anilines is 1. The molecular weight excluding hydrogens is 243 g/mol. The van der Waals surface area contributed by atoms with Crippen LogP contribution in [0.4, 0.5) is 10.1 Å². The molecule has 1 aliphatic rings. The van der Waals surface area contributed by atoms with Crippen molar-refractivity contribution in [2.24, 2.45) is 0 Å². The van der Waals surface area contributed by atoms with E-state index in [1.165, 1.54) is 6.07 Å². The third kappa shape index (κ3) is 2.05. The number of nitrogens with two attached hydrogens (primary N) is 1. The minimum atomic E-state index is -0.286. The highest BCUT2D eigenvalue weighted by Gasteiger charge is 2.27. The molecule has 2 aromatic rings. The Kier molecular flexibility index (Phi) is 2.71. The van der Waals surface area contributed by atoms with Crippen molar-refractivity contribution >= 4 is 11.6 Å². The van der Waals surface area contributed by atoms with Crippen molar-refractivity contribution in [3.05, 3.63) is 65.0 Å². The van der Waals surface area contributed by atoms with Crippen molar-refractivity contribution in [3.8, 4) is 0 Å². The Morgan fingerprint density at radius 2 is 2.00 bits per heavy atom. The molecule has 0 bridgehead atoms. The van der Waals surface area contributed by atoms with E-state index >= 15 is 0 Å². The Labute approximate surface area is 110 Å². The van der Waals surface area contributed by atoms with Gasteiger partial charge in [-0.25, -0.2) is 4.39 Å². The van der Waals surface area contributed by atoms with Crippen molar-refractivity contribution in [1.29, 1.82) is 0 Å². The molecule has 3 nitrogen and oxygen atoms in total. The van der Waals surface area contributed by atoms with Crippen LogP contribution in [0, 0.1) is 5.82 Å². The van der Waals surface area contributed by atoms with Crippen LogP contribution in [0.15, 0.2) is 42.5 Å². The normalized spacial score (nSPS) is 13.7. The molecule has 0 spiro atoms. The molecule has 0 fully saturated rings. The minimum absolute atomic E-state index is 0.0921. The van der Waals surface area contributed by atoms with Gasteiger partial charge in [-0.2, -0.15) is 0 Å². The lowest BCUT2D eigenvalue weighted by atomic mass is 10.1. The standard InChI is InChI=1S/C15H13FN2O/c16-14-4-2-1-3-11(14)9-18-8-10-5-6-12(17)7-13(10)15(18)19/h1-7H,8-9,17H2. The first-order chi connectivity index (χ1) is 9.15. The van der Waals surface area contributed by atoms with Crippen molar-refractivity contribution in [2.45, 2.75) is 13.1 Å². The third-order valence-electron chi connectivity index (χ3n) is 3.33. The van der Waals surface area contributed by atoms with Gasteiger partial charge in [-0.05, 0) is 23.8 Å². The highest BCUT2D eigenvalue weighted by Crippen LogP contribution is 2.26. The molecular formula is C15H13FN2O. The van der Waals surface area contributed by atoms with Crippen LogP contribution in [0.5, 0.6) is 0 Å². The summed E-state index contributed by atoms with van der Waals surface area (Å²) < 4.78 is 13.6. The molecule has 0 saturated carbocycles. The number of nitrogen functional groups attached to an aromatic ring is 1. The van der Waals surface area contributed by atoms with E-state index in [-0.39, 0.29) is 18.3 Å². The zero-order valence-corrected chi connectivity index (χ0v) is 10.3. The van der Waals surface area contributed by atoms with Gasteiger partial charge in [-0.1, -0.05) is 24.3 Å². The van der Waals surface area contributed by atoms with E-state index in [2.05, 4.69) is 0 Å². The number of hydrogen-bond donors (Lipinski definition) is 1. The predicted octanol–water partition coefficient (Wildman–Crippen LogP) is 2.56. The van der Waals surface area contributed by atoms with E-state index in [1.807, 2.05) is 6.07 Å². The summed E-state index contributed by atoms with van der Waals surface area (Å²) in [5.74, 6) is -0.378. The van der Waals surface area contributed by atoms with E-state index in [9.17, 15) is 9.18 Å². The zero-order valence-electron chi connectivity index (χ0n) is 10.3. The second-order valence-corrected chi connectivity index (χ2v) is 4.67. The number of amides is 1. The maximum absolute atomic E-state index is 13.6. The fraction of sp³-hybridized carbons (Fsp3) is 0.133. The molecule has 0 atom stereocenters. The summed E-state index contributed by atoms with van der Waals surface area (Å²) in [5.41, 5.74) is 8.34. The van der Waals surface area contributed by atoms with E-state index in [4.69, 9.17) is 5.73 Å². The molecule has 1 amide bonds. The monoisotopic (exact) mass is 256 g/mol. The van der Waals surface area contributed by atoms with Crippen LogP contribution in [-0.2, 0) is 13.1 Å². The van der Waals surface area contributed by atoms with Crippen LogP contribution in [0.3, 0.4) is 0 Å². The number of fused-ring (bicyclic) bond motifs is 1. The lowest BCUT2D eigenvalue weighted by molar-refractivity contribution is 0.0765. The van der Waals surface area contributed by atoms with Gasteiger partial charge in [0.2, 0.25) is 0 Å². The fourth-order valence-electron chi connectivity index (χ4n) is 2.34. The van der Waals surface area contributed by atoms with Crippen molar-refractivity contribution in [3.63, 3.8) is 0 Å². The van der Waals surface area contributed by atoms with Crippen LogP contribution in [-0.4, -0.2) is 10.8 Å². The number of hydrogen-bond acceptors (Lipinski definition) is 2. The summed E-state index contributed by atoms with van der Waals surface area (Å²) in [6.45, 7) is 0.781. The van der Waals surface area contributed by atoms with E-state index in [0.717, 1.165) is 5.56 Å². The largest absolute Gasteiger partial charge is 0.399 e. The van der Waals surface area contributed by atoms with Gasteiger partial charge < -0.3 is 10.6 Å². The highest BCUT2D eigenvalue weighted by atomic mass is 19.1. The van der Waals surface area contributed by atoms with Gasteiger partial charge in [-0.15, -0.1) is 0 Å². The van der Waals surface area contributed by atoms with E-state index in [1.54, 1.807) is 35.2 Å². The molecule has 0 unspecified atom stereocenters. The zero-order chi connectivity index (χ0) is 13.4. The lowest BCUT2D eigenvalue weighted by Gasteiger charge is -2.15. The van der Waals surface area contributed by atoms with Crippen molar-refractivity contribution in [1.82, 2.24) is 4.90 Å².